The number of anilines is 2. The molecule has 1 amide bonds. The zero-order valence-corrected chi connectivity index (χ0v) is 20.9. The van der Waals surface area contributed by atoms with Gasteiger partial charge in [-0.05, 0) is 73.7 Å². The monoisotopic (exact) mass is 480 g/mol. The molecule has 7 heteroatoms. The van der Waals surface area contributed by atoms with E-state index in [9.17, 15) is 13.2 Å². The number of nitrogens with zero attached hydrogens (tertiary/aromatic N) is 1. The van der Waals surface area contributed by atoms with E-state index in [0.717, 1.165) is 34.4 Å². The van der Waals surface area contributed by atoms with Crippen molar-refractivity contribution in [1.82, 2.24) is 0 Å². The van der Waals surface area contributed by atoms with Gasteiger partial charge in [0.05, 0.1) is 10.6 Å². The summed E-state index contributed by atoms with van der Waals surface area (Å²) in [6, 6.07) is 19.1. The zero-order chi connectivity index (χ0) is 23.8. The lowest BCUT2D eigenvalue weighted by atomic mass is 10.1. The van der Waals surface area contributed by atoms with Crippen LogP contribution < -0.4 is 9.62 Å². The first-order chi connectivity index (χ1) is 15.7. The molecule has 1 fully saturated rings. The van der Waals surface area contributed by atoms with E-state index < -0.39 is 10.0 Å². The van der Waals surface area contributed by atoms with Crippen LogP contribution >= 0.6 is 11.8 Å². The van der Waals surface area contributed by atoms with Crippen molar-refractivity contribution in [1.29, 1.82) is 0 Å². The van der Waals surface area contributed by atoms with Gasteiger partial charge in [0.15, 0.2) is 0 Å². The summed E-state index contributed by atoms with van der Waals surface area (Å²) in [5, 5.41) is -0.141. The molecule has 1 saturated heterocycles. The van der Waals surface area contributed by atoms with E-state index in [1.54, 1.807) is 23.9 Å². The Morgan fingerprint density at radius 3 is 2.15 bits per heavy atom. The third-order valence-corrected chi connectivity index (χ3v) is 8.71. The molecule has 1 aliphatic rings. The van der Waals surface area contributed by atoms with E-state index in [2.05, 4.69) is 23.8 Å². The molecule has 0 bridgehead atoms. The minimum atomic E-state index is -3.71. The van der Waals surface area contributed by atoms with Gasteiger partial charge in [-0.25, -0.2) is 8.42 Å². The first-order valence-corrected chi connectivity index (χ1v) is 13.5. The van der Waals surface area contributed by atoms with Gasteiger partial charge in [-0.3, -0.25) is 14.4 Å². The lowest BCUT2D eigenvalue weighted by Gasteiger charge is -2.25. The van der Waals surface area contributed by atoms with Crippen molar-refractivity contribution in [3.63, 3.8) is 0 Å². The number of hydrogen-bond acceptors (Lipinski definition) is 4. The molecule has 3 aromatic rings. The number of rotatable bonds is 6. The third-order valence-electron chi connectivity index (χ3n) is 5.81. The summed E-state index contributed by atoms with van der Waals surface area (Å²) in [5.41, 5.74) is 6.03. The maximum atomic E-state index is 13.1. The molecule has 172 valence electrons. The summed E-state index contributed by atoms with van der Waals surface area (Å²) >= 11 is 1.58. The largest absolute Gasteiger partial charge is 0.295 e. The highest BCUT2D eigenvalue weighted by Crippen LogP contribution is 2.42. The van der Waals surface area contributed by atoms with Gasteiger partial charge in [0.2, 0.25) is 5.91 Å². The van der Waals surface area contributed by atoms with Gasteiger partial charge in [0.1, 0.15) is 5.37 Å². The quantitative estimate of drug-likeness (QED) is 0.488. The Morgan fingerprint density at radius 1 is 0.970 bits per heavy atom. The summed E-state index contributed by atoms with van der Waals surface area (Å²) in [6.45, 7) is 7.68. The molecule has 0 aromatic heterocycles. The number of carbonyl (C=O) groups excluding carboxylic acids is 1. The molecule has 1 atom stereocenters. The van der Waals surface area contributed by atoms with Crippen molar-refractivity contribution < 1.29 is 13.2 Å². The van der Waals surface area contributed by atoms with E-state index in [1.807, 2.05) is 62.1 Å². The Labute approximate surface area is 200 Å². The number of aryl methyl sites for hydroxylation is 4. The van der Waals surface area contributed by atoms with E-state index in [1.165, 1.54) is 5.56 Å². The Kier molecular flexibility index (Phi) is 6.54. The first kappa shape index (κ1) is 23.4. The van der Waals surface area contributed by atoms with Gasteiger partial charge in [-0.2, -0.15) is 0 Å². The average Bonchev–Trinajstić information content (AvgIpc) is 3.14. The molecule has 4 rings (SSSR count). The Hall–Kier alpha value is -2.77. The van der Waals surface area contributed by atoms with Crippen LogP contribution in [0, 0.1) is 20.8 Å². The number of thioether (sulfide) groups is 1. The number of hydrogen-bond donors (Lipinski definition) is 1. The van der Waals surface area contributed by atoms with E-state index in [4.69, 9.17) is 0 Å². The minimum absolute atomic E-state index is 0.0735. The number of benzene rings is 3. The van der Waals surface area contributed by atoms with Crippen LogP contribution in [0.15, 0.2) is 65.6 Å². The molecule has 3 aromatic carbocycles. The number of nitrogens with one attached hydrogen (secondary N) is 1. The molecule has 0 spiro atoms. The molecular weight excluding hydrogens is 452 g/mol. The standard InChI is InChI=1S/C26H28N2O3S2/c1-5-20-6-12-23(13-7-20)28-24(29)16-32-26(28)21-8-10-22(11-9-21)27-33(30,31)25-18(3)14-17(2)15-19(25)4/h6-15,26-27H,5,16H2,1-4H3/t26-/m1/s1. The summed E-state index contributed by atoms with van der Waals surface area (Å²) < 4.78 is 28.8. The smallest absolute Gasteiger partial charge is 0.262 e. The van der Waals surface area contributed by atoms with Crippen LogP contribution in [0.25, 0.3) is 0 Å². The Morgan fingerprint density at radius 2 is 1.58 bits per heavy atom. The SMILES string of the molecule is CCc1ccc(N2C(=O)CS[C@@H]2c2ccc(NS(=O)(=O)c3c(C)cc(C)cc3C)cc2)cc1. The molecule has 33 heavy (non-hydrogen) atoms. The second-order valence-electron chi connectivity index (χ2n) is 8.40. The van der Waals surface area contributed by atoms with Crippen molar-refractivity contribution in [2.24, 2.45) is 0 Å². The van der Waals surface area contributed by atoms with E-state index >= 15 is 0 Å². The van der Waals surface area contributed by atoms with Gasteiger partial charge in [-0.1, -0.05) is 48.9 Å². The minimum Gasteiger partial charge on any atom is -0.295 e. The number of sulfonamides is 1. The third kappa shape index (κ3) is 4.80. The summed E-state index contributed by atoms with van der Waals surface area (Å²) in [6.07, 6.45) is 0.950. The lowest BCUT2D eigenvalue weighted by molar-refractivity contribution is -0.115. The molecule has 0 aliphatic carbocycles. The second-order valence-corrected chi connectivity index (χ2v) is 11.1. The van der Waals surface area contributed by atoms with Crippen LogP contribution in [0.1, 0.15) is 40.1 Å². The van der Waals surface area contributed by atoms with E-state index in [0.29, 0.717) is 16.3 Å². The van der Waals surface area contributed by atoms with Gasteiger partial charge >= 0.3 is 0 Å². The van der Waals surface area contributed by atoms with Crippen molar-refractivity contribution in [3.8, 4) is 0 Å². The van der Waals surface area contributed by atoms with Gasteiger partial charge < -0.3 is 0 Å². The summed E-state index contributed by atoms with van der Waals surface area (Å²) in [7, 11) is -3.71. The number of carbonyl (C=O) groups is 1. The molecule has 1 aliphatic heterocycles. The lowest BCUT2D eigenvalue weighted by Crippen LogP contribution is -2.27. The molecule has 0 radical (unpaired) electrons. The van der Waals surface area contributed by atoms with Gasteiger partial charge in [0.25, 0.3) is 10.0 Å². The highest BCUT2D eigenvalue weighted by atomic mass is 32.2. The Bertz CT molecular complexity index is 1260. The highest BCUT2D eigenvalue weighted by molar-refractivity contribution is 8.00. The van der Waals surface area contributed by atoms with Crippen molar-refractivity contribution in [3.05, 3.63) is 88.5 Å². The molecule has 0 unspecified atom stereocenters. The van der Waals surface area contributed by atoms with Crippen LogP contribution in [0.3, 0.4) is 0 Å². The summed E-state index contributed by atoms with van der Waals surface area (Å²) in [5.74, 6) is 0.491. The van der Waals surface area contributed by atoms with Crippen molar-refractivity contribution >= 4 is 39.1 Å². The van der Waals surface area contributed by atoms with Crippen LogP contribution in [-0.2, 0) is 21.2 Å². The Balaban J connectivity index is 1.57. The zero-order valence-electron chi connectivity index (χ0n) is 19.3. The first-order valence-electron chi connectivity index (χ1n) is 10.9. The van der Waals surface area contributed by atoms with Crippen molar-refractivity contribution in [2.75, 3.05) is 15.4 Å². The van der Waals surface area contributed by atoms with Crippen LogP contribution in [0.5, 0.6) is 0 Å². The summed E-state index contributed by atoms with van der Waals surface area (Å²) in [4.78, 5) is 14.8. The molecule has 5 nitrogen and oxygen atoms in total. The van der Waals surface area contributed by atoms with Gasteiger partial charge in [-0.15, -0.1) is 11.8 Å². The normalized spacial score (nSPS) is 16.3. The fraction of sp³-hybridized carbons (Fsp3) is 0.269. The fourth-order valence-electron chi connectivity index (χ4n) is 4.35. The van der Waals surface area contributed by atoms with Crippen molar-refractivity contribution in [2.45, 2.75) is 44.4 Å². The second kappa shape index (κ2) is 9.23. The predicted molar refractivity (Wildman–Crippen MR) is 136 cm³/mol. The van der Waals surface area contributed by atoms with Crippen LogP contribution in [0.4, 0.5) is 11.4 Å². The highest BCUT2D eigenvalue weighted by Gasteiger charge is 2.34. The molecular formula is C26H28N2O3S2. The maximum Gasteiger partial charge on any atom is 0.262 e. The maximum absolute atomic E-state index is 13.1. The van der Waals surface area contributed by atoms with Crippen LogP contribution in [-0.4, -0.2) is 20.1 Å². The van der Waals surface area contributed by atoms with E-state index in [-0.39, 0.29) is 11.3 Å². The number of amides is 1. The van der Waals surface area contributed by atoms with Gasteiger partial charge in [0, 0.05) is 11.4 Å². The predicted octanol–water partition coefficient (Wildman–Crippen LogP) is 5.75. The van der Waals surface area contributed by atoms with Crippen LogP contribution in [0.2, 0.25) is 0 Å². The average molecular weight is 481 g/mol. The fourth-order valence-corrected chi connectivity index (χ4v) is 7.05. The molecule has 1 heterocycles. The molecule has 0 saturated carbocycles. The molecule has 1 N–H and O–H groups in total. The topological polar surface area (TPSA) is 66.5 Å².